The molecule has 0 fully saturated rings. The van der Waals surface area contributed by atoms with Crippen LogP contribution in [0.4, 0.5) is 8.78 Å². The van der Waals surface area contributed by atoms with Crippen LogP contribution in [0.1, 0.15) is 12.5 Å². The van der Waals surface area contributed by atoms with Crippen molar-refractivity contribution in [1.82, 2.24) is 5.32 Å². The third kappa shape index (κ3) is 4.36. The lowest BCUT2D eigenvalue weighted by Gasteiger charge is -2.12. The summed E-state index contributed by atoms with van der Waals surface area (Å²) in [5.74, 6) is -0.302. The highest BCUT2D eigenvalue weighted by Gasteiger charge is 2.11. The second kappa shape index (κ2) is 6.15. The van der Waals surface area contributed by atoms with Gasteiger partial charge in [0, 0.05) is 12.1 Å². The molecule has 1 atom stereocenters. The molecule has 6 heteroatoms. The predicted octanol–water partition coefficient (Wildman–Crippen LogP) is 1.25. The maximum Gasteiger partial charge on any atom is 0.387 e. The third-order valence-electron chi connectivity index (χ3n) is 2.06. The standard InChI is InChI=1S/C11H14F2N2O2/c1-7(14)10(16)15-6-8-4-2-3-5-9(8)17-11(12)13/h2-5,7,11H,6,14H2,1H3,(H,15,16)/t7-/m0/s1. The molecule has 0 spiro atoms. The second-order valence-corrected chi connectivity index (χ2v) is 3.49. The number of alkyl halides is 2. The van der Waals surface area contributed by atoms with Gasteiger partial charge in [-0.2, -0.15) is 8.78 Å². The molecule has 0 aromatic heterocycles. The van der Waals surface area contributed by atoms with Crippen molar-refractivity contribution in [3.05, 3.63) is 29.8 Å². The van der Waals surface area contributed by atoms with Crippen molar-refractivity contribution in [2.24, 2.45) is 5.73 Å². The summed E-state index contributed by atoms with van der Waals surface area (Å²) in [4.78, 5) is 11.2. The maximum atomic E-state index is 12.1. The minimum absolute atomic E-state index is 0.0486. The molecule has 0 saturated carbocycles. The number of rotatable bonds is 5. The minimum atomic E-state index is -2.89. The topological polar surface area (TPSA) is 64.4 Å². The van der Waals surface area contributed by atoms with Crippen molar-refractivity contribution in [2.45, 2.75) is 26.1 Å². The highest BCUT2D eigenvalue weighted by molar-refractivity contribution is 5.80. The molecule has 1 aromatic rings. The summed E-state index contributed by atoms with van der Waals surface area (Å²) in [6.07, 6.45) is 0. The molecule has 0 aliphatic heterocycles. The molecule has 17 heavy (non-hydrogen) atoms. The van der Waals surface area contributed by atoms with E-state index in [0.717, 1.165) is 0 Å². The normalized spacial score (nSPS) is 12.3. The molecule has 3 N–H and O–H groups in total. The highest BCUT2D eigenvalue weighted by atomic mass is 19.3. The largest absolute Gasteiger partial charge is 0.434 e. The van der Waals surface area contributed by atoms with Gasteiger partial charge >= 0.3 is 6.61 Å². The molecule has 94 valence electrons. The Balaban J connectivity index is 2.67. The molecule has 0 aliphatic rings. The van der Waals surface area contributed by atoms with E-state index in [9.17, 15) is 13.6 Å². The molecule has 4 nitrogen and oxygen atoms in total. The number of hydrogen-bond donors (Lipinski definition) is 2. The summed E-state index contributed by atoms with van der Waals surface area (Å²) < 4.78 is 28.5. The first-order valence-electron chi connectivity index (χ1n) is 5.06. The van der Waals surface area contributed by atoms with Crippen LogP contribution in [-0.4, -0.2) is 18.6 Å². The number of halogens is 2. The van der Waals surface area contributed by atoms with Gasteiger partial charge in [-0.15, -0.1) is 0 Å². The van der Waals surface area contributed by atoms with Crippen molar-refractivity contribution in [3.63, 3.8) is 0 Å². The lowest BCUT2D eigenvalue weighted by Crippen LogP contribution is -2.37. The number of nitrogens with two attached hydrogens (primary N) is 1. The van der Waals surface area contributed by atoms with Gasteiger partial charge in [0.05, 0.1) is 6.04 Å². The lowest BCUT2D eigenvalue weighted by atomic mass is 10.2. The van der Waals surface area contributed by atoms with Crippen LogP contribution in [-0.2, 0) is 11.3 Å². The molecule has 0 radical (unpaired) electrons. The fourth-order valence-electron chi connectivity index (χ4n) is 1.20. The van der Waals surface area contributed by atoms with Crippen LogP contribution in [0.15, 0.2) is 24.3 Å². The Morgan fingerprint density at radius 3 is 2.71 bits per heavy atom. The van der Waals surface area contributed by atoms with Gasteiger partial charge in [-0.05, 0) is 13.0 Å². The highest BCUT2D eigenvalue weighted by Crippen LogP contribution is 2.19. The summed E-state index contributed by atoms with van der Waals surface area (Å²) in [6.45, 7) is -1.25. The molecule has 0 unspecified atom stereocenters. The Hall–Kier alpha value is -1.69. The zero-order valence-electron chi connectivity index (χ0n) is 9.32. The quantitative estimate of drug-likeness (QED) is 0.819. The second-order valence-electron chi connectivity index (χ2n) is 3.49. The van der Waals surface area contributed by atoms with Crippen molar-refractivity contribution < 1.29 is 18.3 Å². The monoisotopic (exact) mass is 244 g/mol. The average molecular weight is 244 g/mol. The smallest absolute Gasteiger partial charge is 0.387 e. The molecule has 1 rings (SSSR count). The molecular formula is C11H14F2N2O2. The summed E-state index contributed by atoms with van der Waals surface area (Å²) in [6, 6.07) is 5.62. The molecule has 0 aliphatic carbocycles. The van der Waals surface area contributed by atoms with E-state index in [1.165, 1.54) is 13.0 Å². The van der Waals surface area contributed by atoms with Crippen LogP contribution < -0.4 is 15.8 Å². The van der Waals surface area contributed by atoms with E-state index in [1.54, 1.807) is 18.2 Å². The maximum absolute atomic E-state index is 12.1. The van der Waals surface area contributed by atoms with Gasteiger partial charge < -0.3 is 15.8 Å². The van der Waals surface area contributed by atoms with Crippen LogP contribution in [0.5, 0.6) is 5.75 Å². The fourth-order valence-corrected chi connectivity index (χ4v) is 1.20. The number of para-hydroxylation sites is 1. The van der Waals surface area contributed by atoms with E-state index >= 15 is 0 Å². The molecular weight excluding hydrogens is 230 g/mol. The average Bonchev–Trinajstić information content (AvgIpc) is 2.26. The number of carbonyl (C=O) groups excluding carboxylic acids is 1. The number of ether oxygens (including phenoxy) is 1. The van der Waals surface area contributed by atoms with Gasteiger partial charge in [0.15, 0.2) is 0 Å². The van der Waals surface area contributed by atoms with E-state index in [0.29, 0.717) is 5.56 Å². The van der Waals surface area contributed by atoms with E-state index in [1.807, 2.05) is 0 Å². The van der Waals surface area contributed by atoms with Crippen LogP contribution >= 0.6 is 0 Å². The summed E-state index contributed by atoms with van der Waals surface area (Å²) >= 11 is 0. The Morgan fingerprint density at radius 1 is 1.47 bits per heavy atom. The number of amides is 1. The van der Waals surface area contributed by atoms with Gasteiger partial charge in [-0.1, -0.05) is 18.2 Å². The van der Waals surface area contributed by atoms with E-state index in [2.05, 4.69) is 10.1 Å². The first kappa shape index (κ1) is 13.4. The van der Waals surface area contributed by atoms with Crippen molar-refractivity contribution in [2.75, 3.05) is 0 Å². The first-order valence-corrected chi connectivity index (χ1v) is 5.06. The van der Waals surface area contributed by atoms with Gasteiger partial charge in [-0.3, -0.25) is 4.79 Å². The Kier molecular flexibility index (Phi) is 4.84. The minimum Gasteiger partial charge on any atom is -0.434 e. The van der Waals surface area contributed by atoms with Gasteiger partial charge in [0.2, 0.25) is 5.91 Å². The Labute approximate surface area is 97.8 Å². The Morgan fingerprint density at radius 2 is 2.12 bits per heavy atom. The zero-order valence-corrected chi connectivity index (χ0v) is 9.32. The fraction of sp³-hybridized carbons (Fsp3) is 0.364. The number of benzene rings is 1. The van der Waals surface area contributed by atoms with Gasteiger partial charge in [-0.25, -0.2) is 0 Å². The first-order chi connectivity index (χ1) is 8.00. The number of hydrogen-bond acceptors (Lipinski definition) is 3. The third-order valence-corrected chi connectivity index (χ3v) is 2.06. The van der Waals surface area contributed by atoms with Crippen molar-refractivity contribution in [3.8, 4) is 5.75 Å². The van der Waals surface area contributed by atoms with E-state index in [4.69, 9.17) is 5.73 Å². The van der Waals surface area contributed by atoms with Crippen LogP contribution in [0.3, 0.4) is 0 Å². The van der Waals surface area contributed by atoms with Gasteiger partial charge in [0.1, 0.15) is 5.75 Å². The summed E-state index contributed by atoms with van der Waals surface area (Å²) in [5.41, 5.74) is 5.83. The van der Waals surface area contributed by atoms with Crippen molar-refractivity contribution >= 4 is 5.91 Å². The van der Waals surface area contributed by atoms with Crippen LogP contribution in [0.25, 0.3) is 0 Å². The molecule has 1 amide bonds. The molecule has 0 bridgehead atoms. The van der Waals surface area contributed by atoms with E-state index in [-0.39, 0.29) is 18.2 Å². The number of nitrogens with one attached hydrogen (secondary N) is 1. The van der Waals surface area contributed by atoms with Crippen molar-refractivity contribution in [1.29, 1.82) is 0 Å². The SMILES string of the molecule is C[C@H](N)C(=O)NCc1ccccc1OC(F)F. The van der Waals surface area contributed by atoms with Crippen LogP contribution in [0.2, 0.25) is 0 Å². The summed E-state index contributed by atoms with van der Waals surface area (Å²) in [7, 11) is 0. The van der Waals surface area contributed by atoms with Crippen LogP contribution in [0, 0.1) is 0 Å². The lowest BCUT2D eigenvalue weighted by molar-refractivity contribution is -0.122. The number of carbonyl (C=O) groups is 1. The molecule has 0 heterocycles. The van der Waals surface area contributed by atoms with E-state index < -0.39 is 12.7 Å². The molecule has 0 saturated heterocycles. The predicted molar refractivity (Wildman–Crippen MR) is 58.6 cm³/mol. The molecule has 1 aromatic carbocycles. The zero-order chi connectivity index (χ0) is 12.8. The summed E-state index contributed by atoms with van der Waals surface area (Å²) in [5, 5.41) is 2.52. The Bertz CT molecular complexity index is 383. The van der Waals surface area contributed by atoms with Gasteiger partial charge in [0.25, 0.3) is 0 Å².